The molecule has 0 aromatic heterocycles. The van der Waals surface area contributed by atoms with Crippen LogP contribution in [0.1, 0.15) is 11.1 Å². The second-order valence-electron chi connectivity index (χ2n) is 4.38. The third-order valence-electron chi connectivity index (χ3n) is 3.32. The Morgan fingerprint density at radius 2 is 2.35 bits per heavy atom. The van der Waals surface area contributed by atoms with E-state index in [1.54, 1.807) is 0 Å². The number of morpholine rings is 1. The van der Waals surface area contributed by atoms with Gasteiger partial charge in [-0.25, -0.2) is 0 Å². The molecule has 0 radical (unpaired) electrons. The van der Waals surface area contributed by atoms with Crippen LogP contribution >= 0.6 is 0 Å². The van der Waals surface area contributed by atoms with Gasteiger partial charge in [0.25, 0.3) is 0 Å². The van der Waals surface area contributed by atoms with Crippen LogP contribution in [-0.4, -0.2) is 43.9 Å². The first-order valence-electron chi connectivity index (χ1n) is 6.00. The summed E-state index contributed by atoms with van der Waals surface area (Å²) in [7, 11) is 0. The monoisotopic (exact) mass is 232 g/mol. The van der Waals surface area contributed by atoms with Crippen LogP contribution in [0, 0.1) is 0 Å². The highest BCUT2D eigenvalue weighted by atomic mass is 16.5. The maximum atomic E-state index is 9.99. The Labute approximate surface area is 101 Å². The summed E-state index contributed by atoms with van der Waals surface area (Å²) in [6.45, 7) is 2.64. The first-order valence-corrected chi connectivity index (χ1v) is 6.00. The molecule has 17 heavy (non-hydrogen) atoms. The number of nitrogens with zero attached hydrogens (tertiary/aromatic N) is 2. The van der Waals surface area contributed by atoms with Crippen LogP contribution in [0.15, 0.2) is 23.2 Å². The summed E-state index contributed by atoms with van der Waals surface area (Å²) >= 11 is 0. The van der Waals surface area contributed by atoms with E-state index < -0.39 is 6.23 Å². The quantitative estimate of drug-likeness (QED) is 0.779. The van der Waals surface area contributed by atoms with E-state index >= 15 is 0 Å². The van der Waals surface area contributed by atoms with E-state index in [0.29, 0.717) is 13.2 Å². The molecule has 4 heteroatoms. The molecule has 0 saturated carbocycles. The standard InChI is InChI=1S/C13H16N2O2/c16-13-9-17-7-6-15(13)12-3-1-2-10-8-14-5-4-11(10)12/h1-3,8,13,16H,4-7,9H2. The SMILES string of the molecule is OC1COCCN1c1cccc2c1CCN=C2. The van der Waals surface area contributed by atoms with E-state index in [1.165, 1.54) is 11.1 Å². The minimum absolute atomic E-state index is 0.387. The fourth-order valence-electron chi connectivity index (χ4n) is 2.47. The van der Waals surface area contributed by atoms with Crippen LogP contribution in [0.25, 0.3) is 0 Å². The fourth-order valence-corrected chi connectivity index (χ4v) is 2.47. The van der Waals surface area contributed by atoms with Gasteiger partial charge in [-0.15, -0.1) is 0 Å². The normalized spacial score (nSPS) is 23.6. The lowest BCUT2D eigenvalue weighted by molar-refractivity contribution is 0.00623. The highest BCUT2D eigenvalue weighted by Crippen LogP contribution is 2.27. The number of hydrogen-bond acceptors (Lipinski definition) is 4. The summed E-state index contributed by atoms with van der Waals surface area (Å²) in [6.07, 6.45) is 2.34. The number of anilines is 1. The van der Waals surface area contributed by atoms with Crippen LogP contribution in [0.4, 0.5) is 5.69 Å². The van der Waals surface area contributed by atoms with Gasteiger partial charge < -0.3 is 14.7 Å². The van der Waals surface area contributed by atoms with E-state index in [2.05, 4.69) is 17.1 Å². The highest BCUT2D eigenvalue weighted by molar-refractivity contribution is 5.86. The molecule has 0 bridgehead atoms. The van der Waals surface area contributed by atoms with Crippen molar-refractivity contribution in [1.29, 1.82) is 0 Å². The van der Waals surface area contributed by atoms with Crippen molar-refractivity contribution in [3.8, 4) is 0 Å². The Morgan fingerprint density at radius 1 is 1.41 bits per heavy atom. The minimum atomic E-state index is -0.533. The number of hydrogen-bond donors (Lipinski definition) is 1. The molecule has 0 amide bonds. The Morgan fingerprint density at radius 3 is 3.24 bits per heavy atom. The van der Waals surface area contributed by atoms with E-state index in [9.17, 15) is 5.11 Å². The number of benzene rings is 1. The first kappa shape index (κ1) is 10.7. The van der Waals surface area contributed by atoms with Gasteiger partial charge in [0.1, 0.15) is 0 Å². The number of aliphatic hydroxyl groups excluding tert-OH is 1. The Kier molecular flexibility index (Phi) is 2.82. The molecule has 2 aliphatic heterocycles. The maximum Gasteiger partial charge on any atom is 0.150 e. The molecule has 1 unspecified atom stereocenters. The zero-order valence-corrected chi connectivity index (χ0v) is 9.67. The molecule has 90 valence electrons. The molecule has 1 N–H and O–H groups in total. The summed E-state index contributed by atoms with van der Waals surface area (Å²) in [5.41, 5.74) is 3.60. The molecule has 1 aromatic carbocycles. The van der Waals surface area contributed by atoms with Gasteiger partial charge in [-0.1, -0.05) is 12.1 Å². The van der Waals surface area contributed by atoms with E-state index in [-0.39, 0.29) is 0 Å². The maximum absolute atomic E-state index is 9.99. The number of ether oxygens (including phenoxy) is 1. The Balaban J connectivity index is 1.99. The molecule has 1 atom stereocenters. The van der Waals surface area contributed by atoms with Gasteiger partial charge in [0.2, 0.25) is 0 Å². The number of fused-ring (bicyclic) bond motifs is 1. The number of aliphatic imine (C=N–C) groups is 1. The van der Waals surface area contributed by atoms with Gasteiger partial charge in [0.05, 0.1) is 13.2 Å². The molecule has 2 heterocycles. The largest absolute Gasteiger partial charge is 0.375 e. The van der Waals surface area contributed by atoms with Crippen LogP contribution < -0.4 is 4.90 Å². The van der Waals surface area contributed by atoms with Crippen molar-refractivity contribution in [2.45, 2.75) is 12.6 Å². The molecule has 1 aromatic rings. The van der Waals surface area contributed by atoms with Crippen molar-refractivity contribution < 1.29 is 9.84 Å². The van der Waals surface area contributed by atoms with Gasteiger partial charge in [-0.3, -0.25) is 4.99 Å². The molecule has 1 fully saturated rings. The topological polar surface area (TPSA) is 45.1 Å². The van der Waals surface area contributed by atoms with Gasteiger partial charge in [-0.2, -0.15) is 0 Å². The second-order valence-corrected chi connectivity index (χ2v) is 4.38. The third kappa shape index (κ3) is 1.94. The summed E-state index contributed by atoms with van der Waals surface area (Å²) < 4.78 is 5.26. The van der Waals surface area contributed by atoms with E-state index in [1.807, 2.05) is 17.2 Å². The summed E-state index contributed by atoms with van der Waals surface area (Å²) in [6, 6.07) is 6.18. The van der Waals surface area contributed by atoms with Crippen LogP contribution in [0.2, 0.25) is 0 Å². The molecule has 0 spiro atoms. The molecule has 2 aliphatic rings. The van der Waals surface area contributed by atoms with Gasteiger partial charge >= 0.3 is 0 Å². The molecular formula is C13H16N2O2. The van der Waals surface area contributed by atoms with Crippen molar-refractivity contribution in [3.63, 3.8) is 0 Å². The van der Waals surface area contributed by atoms with Crippen molar-refractivity contribution in [2.75, 3.05) is 31.2 Å². The number of rotatable bonds is 1. The van der Waals surface area contributed by atoms with Crippen LogP contribution in [0.3, 0.4) is 0 Å². The molecule has 1 saturated heterocycles. The summed E-state index contributed by atoms with van der Waals surface area (Å²) in [4.78, 5) is 6.32. The molecule has 4 nitrogen and oxygen atoms in total. The predicted octanol–water partition coefficient (Wildman–Crippen LogP) is 0.817. The Hall–Kier alpha value is -1.39. The average Bonchev–Trinajstić information content (AvgIpc) is 2.39. The summed E-state index contributed by atoms with van der Waals surface area (Å²) in [5.74, 6) is 0. The van der Waals surface area contributed by atoms with Crippen molar-refractivity contribution in [3.05, 3.63) is 29.3 Å². The number of aliphatic hydroxyl groups is 1. The van der Waals surface area contributed by atoms with Gasteiger partial charge in [0.15, 0.2) is 6.23 Å². The lowest BCUT2D eigenvalue weighted by atomic mass is 10.00. The minimum Gasteiger partial charge on any atom is -0.375 e. The smallest absolute Gasteiger partial charge is 0.150 e. The zero-order chi connectivity index (χ0) is 11.7. The third-order valence-corrected chi connectivity index (χ3v) is 3.32. The second kappa shape index (κ2) is 4.47. The predicted molar refractivity (Wildman–Crippen MR) is 66.8 cm³/mol. The summed E-state index contributed by atoms with van der Waals surface area (Å²) in [5, 5.41) is 9.99. The van der Waals surface area contributed by atoms with Gasteiger partial charge in [-0.05, 0) is 23.6 Å². The average molecular weight is 232 g/mol. The van der Waals surface area contributed by atoms with Crippen LogP contribution in [-0.2, 0) is 11.2 Å². The lowest BCUT2D eigenvalue weighted by Gasteiger charge is -2.35. The fraction of sp³-hybridized carbons (Fsp3) is 0.462. The lowest BCUT2D eigenvalue weighted by Crippen LogP contribution is -2.46. The van der Waals surface area contributed by atoms with Crippen LogP contribution in [0.5, 0.6) is 0 Å². The Bertz CT molecular complexity index is 445. The molecular weight excluding hydrogens is 216 g/mol. The molecule has 0 aliphatic carbocycles. The van der Waals surface area contributed by atoms with E-state index in [0.717, 1.165) is 25.2 Å². The van der Waals surface area contributed by atoms with Crippen molar-refractivity contribution >= 4 is 11.9 Å². The van der Waals surface area contributed by atoms with E-state index in [4.69, 9.17) is 4.74 Å². The first-order chi connectivity index (χ1) is 8.36. The van der Waals surface area contributed by atoms with Crippen molar-refractivity contribution in [2.24, 2.45) is 4.99 Å². The van der Waals surface area contributed by atoms with Crippen molar-refractivity contribution in [1.82, 2.24) is 0 Å². The van der Waals surface area contributed by atoms with Gasteiger partial charge in [0, 0.05) is 25.0 Å². The zero-order valence-electron chi connectivity index (χ0n) is 9.67. The molecule has 3 rings (SSSR count). The highest BCUT2D eigenvalue weighted by Gasteiger charge is 2.24.